The van der Waals surface area contributed by atoms with Crippen molar-refractivity contribution in [3.05, 3.63) is 48.0 Å². The molecule has 0 atom stereocenters. The van der Waals surface area contributed by atoms with Gasteiger partial charge in [0.2, 0.25) is 0 Å². The molecule has 0 aromatic rings. The van der Waals surface area contributed by atoms with Crippen molar-refractivity contribution >= 4 is 0 Å². The molecule has 0 aliphatic heterocycles. The molecule has 0 aromatic heterocycles. The monoisotopic (exact) mass is 164 g/mol. The zero-order valence-corrected chi connectivity index (χ0v) is 7.03. The third kappa shape index (κ3) is 2.66. The fraction of sp³-hybridized carbons (Fsp3) is 0.200. The van der Waals surface area contributed by atoms with E-state index < -0.39 is 0 Å². The Hall–Kier alpha value is -1.44. The van der Waals surface area contributed by atoms with Gasteiger partial charge in [0, 0.05) is 6.08 Å². The van der Waals surface area contributed by atoms with Crippen LogP contribution >= 0.6 is 0 Å². The van der Waals surface area contributed by atoms with Crippen molar-refractivity contribution in [2.75, 3.05) is 6.61 Å². The molecule has 1 N–H and O–H groups in total. The molecule has 0 unspecified atom stereocenters. The second kappa shape index (κ2) is 4.44. The summed E-state index contributed by atoms with van der Waals surface area (Å²) in [6.45, 7) is 2.31. The molecule has 2 heteroatoms. The van der Waals surface area contributed by atoms with Crippen LogP contribution in [0.4, 0.5) is 0 Å². The maximum atomic E-state index is 9.06. The van der Waals surface area contributed by atoms with Gasteiger partial charge in [-0.2, -0.15) is 0 Å². The van der Waals surface area contributed by atoms with Gasteiger partial charge in [-0.15, -0.1) is 0 Å². The first-order valence-electron chi connectivity index (χ1n) is 3.91. The lowest BCUT2D eigenvalue weighted by atomic mass is 10.3. The van der Waals surface area contributed by atoms with Crippen molar-refractivity contribution in [2.24, 2.45) is 0 Å². The van der Waals surface area contributed by atoms with Crippen molar-refractivity contribution in [1.29, 1.82) is 0 Å². The first kappa shape index (κ1) is 8.65. The highest BCUT2D eigenvalue weighted by molar-refractivity contribution is 5.41. The number of hydrogen-bond acceptors (Lipinski definition) is 2. The molecule has 0 amide bonds. The lowest BCUT2D eigenvalue weighted by Gasteiger charge is -1.97. The molecule has 1 aliphatic carbocycles. The van der Waals surface area contributed by atoms with Crippen LogP contribution < -0.4 is 0 Å². The topological polar surface area (TPSA) is 29.5 Å². The molecule has 2 nitrogen and oxygen atoms in total. The second-order valence-corrected chi connectivity index (χ2v) is 2.32. The molecule has 12 heavy (non-hydrogen) atoms. The summed E-state index contributed by atoms with van der Waals surface area (Å²) in [5.74, 6) is -0.0429. The van der Waals surface area contributed by atoms with Crippen LogP contribution in [0.3, 0.4) is 0 Å². The maximum Gasteiger partial charge on any atom is 0.276 e. The molecule has 0 spiro atoms. The van der Waals surface area contributed by atoms with Gasteiger partial charge in [0.25, 0.3) is 5.95 Å². The minimum atomic E-state index is -0.0429. The number of hydrogen-bond donors (Lipinski definition) is 1. The molecule has 0 bridgehead atoms. The number of aliphatic hydroxyl groups is 1. The maximum absolute atomic E-state index is 9.06. The highest BCUT2D eigenvalue weighted by Crippen LogP contribution is 2.07. The predicted octanol–water partition coefficient (Wildman–Crippen LogP) is 2.47. The van der Waals surface area contributed by atoms with Crippen molar-refractivity contribution in [3.63, 3.8) is 0 Å². The SMILES string of the molecule is CCOC(O)=CC=C1C=CC=C1. The molecule has 64 valence electrons. The number of ether oxygens (including phenoxy) is 1. The smallest absolute Gasteiger partial charge is 0.276 e. The van der Waals surface area contributed by atoms with E-state index in [0.717, 1.165) is 5.57 Å². The first-order valence-corrected chi connectivity index (χ1v) is 3.91. The van der Waals surface area contributed by atoms with Crippen LogP contribution in [0, 0.1) is 0 Å². The van der Waals surface area contributed by atoms with Gasteiger partial charge in [0.05, 0.1) is 6.61 Å². The predicted molar refractivity (Wildman–Crippen MR) is 48.7 cm³/mol. The number of allylic oxidation sites excluding steroid dienone is 7. The van der Waals surface area contributed by atoms with Gasteiger partial charge in [0.1, 0.15) is 0 Å². The lowest BCUT2D eigenvalue weighted by molar-refractivity contribution is 0.103. The summed E-state index contributed by atoms with van der Waals surface area (Å²) in [6, 6.07) is 0. The third-order valence-electron chi connectivity index (χ3n) is 1.40. The molecule has 0 saturated heterocycles. The van der Waals surface area contributed by atoms with E-state index in [1.165, 1.54) is 0 Å². The van der Waals surface area contributed by atoms with E-state index in [2.05, 4.69) is 0 Å². The van der Waals surface area contributed by atoms with E-state index in [1.807, 2.05) is 31.2 Å². The van der Waals surface area contributed by atoms with E-state index in [1.54, 1.807) is 12.2 Å². The standard InChI is InChI=1S/C10H12O2/c1-2-12-10(11)8-7-9-5-3-4-6-9/h3-8,11H,2H2,1H3. The van der Waals surface area contributed by atoms with Crippen LogP contribution in [-0.2, 0) is 4.74 Å². The summed E-state index contributed by atoms with van der Waals surface area (Å²) < 4.78 is 4.83. The van der Waals surface area contributed by atoms with Gasteiger partial charge in [-0.05, 0) is 18.6 Å². The first-order chi connectivity index (χ1) is 5.83. The normalized spacial score (nSPS) is 15.4. The van der Waals surface area contributed by atoms with Crippen LogP contribution in [0.5, 0.6) is 0 Å². The van der Waals surface area contributed by atoms with Crippen LogP contribution in [0.1, 0.15) is 6.92 Å². The lowest BCUT2D eigenvalue weighted by Crippen LogP contribution is -1.88. The van der Waals surface area contributed by atoms with Crippen molar-refractivity contribution in [3.8, 4) is 0 Å². The van der Waals surface area contributed by atoms with Gasteiger partial charge in [-0.1, -0.05) is 24.3 Å². The van der Waals surface area contributed by atoms with Gasteiger partial charge < -0.3 is 9.84 Å². The Balaban J connectivity index is 2.51. The minimum Gasteiger partial charge on any atom is -0.481 e. The highest BCUT2D eigenvalue weighted by atomic mass is 16.6. The Kier molecular flexibility index (Phi) is 3.20. The summed E-state index contributed by atoms with van der Waals surface area (Å²) in [6.07, 6.45) is 11.1. The Morgan fingerprint density at radius 3 is 2.75 bits per heavy atom. The second-order valence-electron chi connectivity index (χ2n) is 2.32. The van der Waals surface area contributed by atoms with E-state index in [0.29, 0.717) is 6.61 Å². The van der Waals surface area contributed by atoms with Crippen molar-refractivity contribution in [1.82, 2.24) is 0 Å². The fourth-order valence-corrected chi connectivity index (χ4v) is 0.864. The van der Waals surface area contributed by atoms with Gasteiger partial charge in [-0.3, -0.25) is 0 Å². The van der Waals surface area contributed by atoms with Gasteiger partial charge >= 0.3 is 0 Å². The molecule has 0 radical (unpaired) electrons. The van der Waals surface area contributed by atoms with E-state index in [-0.39, 0.29) is 5.95 Å². The molecular formula is C10H12O2. The van der Waals surface area contributed by atoms with Gasteiger partial charge in [-0.25, -0.2) is 0 Å². The summed E-state index contributed by atoms with van der Waals surface area (Å²) in [7, 11) is 0. The van der Waals surface area contributed by atoms with Crippen LogP contribution in [-0.4, -0.2) is 11.7 Å². The molecular weight excluding hydrogens is 152 g/mol. The zero-order chi connectivity index (χ0) is 8.81. The van der Waals surface area contributed by atoms with Crippen molar-refractivity contribution in [2.45, 2.75) is 6.92 Å². The fourth-order valence-electron chi connectivity index (χ4n) is 0.864. The highest BCUT2D eigenvalue weighted by Gasteiger charge is 1.91. The third-order valence-corrected chi connectivity index (χ3v) is 1.40. The Bertz CT molecular complexity index is 243. The van der Waals surface area contributed by atoms with Crippen molar-refractivity contribution < 1.29 is 9.84 Å². The quantitative estimate of drug-likeness (QED) is 0.649. The van der Waals surface area contributed by atoms with E-state index >= 15 is 0 Å². The molecule has 0 aromatic carbocycles. The minimum absolute atomic E-state index is 0.0429. The van der Waals surface area contributed by atoms with Crippen LogP contribution in [0.2, 0.25) is 0 Å². The Morgan fingerprint density at radius 2 is 2.17 bits per heavy atom. The van der Waals surface area contributed by atoms with Crippen LogP contribution in [0.25, 0.3) is 0 Å². The van der Waals surface area contributed by atoms with E-state index in [9.17, 15) is 0 Å². The molecule has 1 rings (SSSR count). The molecule has 0 fully saturated rings. The summed E-state index contributed by atoms with van der Waals surface area (Å²) in [4.78, 5) is 0. The average molecular weight is 164 g/mol. The average Bonchev–Trinajstić information content (AvgIpc) is 2.53. The zero-order valence-electron chi connectivity index (χ0n) is 7.03. The van der Waals surface area contributed by atoms with Gasteiger partial charge in [0.15, 0.2) is 0 Å². The molecule has 1 aliphatic rings. The summed E-state index contributed by atoms with van der Waals surface area (Å²) in [5, 5.41) is 9.06. The Morgan fingerprint density at radius 1 is 1.50 bits per heavy atom. The van der Waals surface area contributed by atoms with Crippen LogP contribution in [0.15, 0.2) is 48.0 Å². The molecule has 0 saturated carbocycles. The largest absolute Gasteiger partial charge is 0.481 e. The summed E-state index contributed by atoms with van der Waals surface area (Å²) >= 11 is 0. The Labute approximate surface area is 72.2 Å². The molecule has 0 heterocycles. The number of rotatable bonds is 3. The number of aliphatic hydroxyl groups excluding tert-OH is 1. The van der Waals surface area contributed by atoms with E-state index in [4.69, 9.17) is 9.84 Å². The summed E-state index contributed by atoms with van der Waals surface area (Å²) in [5.41, 5.74) is 1.06.